The van der Waals surface area contributed by atoms with E-state index in [-0.39, 0.29) is 35.5 Å². The molecular weight excluding hydrogens is 306 g/mol. The maximum Gasteiger partial charge on any atom is 0.308 e. The van der Waals surface area contributed by atoms with Gasteiger partial charge in [0.2, 0.25) is 11.8 Å². The van der Waals surface area contributed by atoms with Crippen molar-refractivity contribution in [2.75, 3.05) is 4.90 Å². The van der Waals surface area contributed by atoms with E-state index >= 15 is 0 Å². The molecule has 0 N–H and O–H groups in total. The summed E-state index contributed by atoms with van der Waals surface area (Å²) < 4.78 is 5.01. The molecule has 3 fully saturated rings. The standard InChI is InChI=1S/C19H17NO4/c1-9(21)24-11-4-2-10(3-5-11)20-18(22)16-12-6-7-13(15-8-14(12)15)17(16)19(20)23/h2-7,12-17H,8H2,1H3. The first-order valence-electron chi connectivity index (χ1n) is 8.41. The van der Waals surface area contributed by atoms with E-state index in [9.17, 15) is 14.4 Å². The van der Waals surface area contributed by atoms with E-state index in [0.29, 0.717) is 23.3 Å². The van der Waals surface area contributed by atoms with Crippen LogP contribution in [-0.2, 0) is 14.4 Å². The average Bonchev–Trinajstić information content (AvgIpc) is 3.33. The summed E-state index contributed by atoms with van der Waals surface area (Å²) in [5, 5.41) is 0. The average molecular weight is 323 g/mol. The third-order valence-electron chi connectivity index (χ3n) is 6.02. The van der Waals surface area contributed by atoms with E-state index in [1.165, 1.54) is 11.8 Å². The molecule has 6 unspecified atom stereocenters. The van der Waals surface area contributed by atoms with Crippen LogP contribution in [0.1, 0.15) is 13.3 Å². The van der Waals surface area contributed by atoms with Gasteiger partial charge in [-0.15, -0.1) is 0 Å². The third-order valence-corrected chi connectivity index (χ3v) is 6.02. The molecule has 24 heavy (non-hydrogen) atoms. The number of hydrogen-bond donors (Lipinski definition) is 0. The van der Waals surface area contributed by atoms with Crippen LogP contribution in [0.4, 0.5) is 5.69 Å². The number of esters is 1. The van der Waals surface area contributed by atoms with E-state index in [4.69, 9.17) is 4.74 Å². The number of nitrogens with zero attached hydrogens (tertiary/aromatic N) is 1. The molecule has 1 aliphatic heterocycles. The molecule has 2 bridgehead atoms. The minimum absolute atomic E-state index is 0.0741. The smallest absolute Gasteiger partial charge is 0.308 e. The van der Waals surface area contributed by atoms with E-state index in [0.717, 1.165) is 6.42 Å². The fraction of sp³-hybridized carbons (Fsp3) is 0.421. The second-order valence-electron chi connectivity index (χ2n) is 7.25. The molecule has 0 radical (unpaired) electrons. The highest BCUT2D eigenvalue weighted by atomic mass is 16.5. The molecule has 6 atom stereocenters. The number of anilines is 1. The van der Waals surface area contributed by atoms with Crippen LogP contribution in [0, 0.1) is 35.5 Å². The number of carbonyl (C=O) groups is 3. The Morgan fingerprint density at radius 1 is 1.00 bits per heavy atom. The van der Waals surface area contributed by atoms with Crippen LogP contribution >= 0.6 is 0 Å². The quantitative estimate of drug-likeness (QED) is 0.362. The zero-order valence-electron chi connectivity index (χ0n) is 13.2. The van der Waals surface area contributed by atoms with Gasteiger partial charge in [-0.2, -0.15) is 0 Å². The van der Waals surface area contributed by atoms with Gasteiger partial charge in [-0.25, -0.2) is 0 Å². The fourth-order valence-corrected chi connectivity index (χ4v) is 5.04. The predicted molar refractivity (Wildman–Crippen MR) is 84.9 cm³/mol. The first-order chi connectivity index (χ1) is 11.6. The van der Waals surface area contributed by atoms with E-state index in [2.05, 4.69) is 12.2 Å². The SMILES string of the molecule is CC(=O)Oc1ccc(N2C(=O)C3C4C=CC(C5CC45)C3C2=O)cc1. The lowest BCUT2D eigenvalue weighted by Crippen LogP contribution is -2.40. The second kappa shape index (κ2) is 4.56. The first-order valence-corrected chi connectivity index (χ1v) is 8.41. The molecule has 1 heterocycles. The molecular formula is C19H17NO4. The van der Waals surface area contributed by atoms with Crippen LogP contribution in [0.15, 0.2) is 36.4 Å². The maximum absolute atomic E-state index is 13.0. The van der Waals surface area contributed by atoms with Crippen molar-refractivity contribution in [3.63, 3.8) is 0 Å². The van der Waals surface area contributed by atoms with Crippen molar-refractivity contribution in [3.05, 3.63) is 36.4 Å². The van der Waals surface area contributed by atoms with Gasteiger partial charge < -0.3 is 4.74 Å². The molecule has 4 aliphatic carbocycles. The molecule has 0 spiro atoms. The minimum Gasteiger partial charge on any atom is -0.427 e. The van der Waals surface area contributed by atoms with Gasteiger partial charge in [0, 0.05) is 6.92 Å². The molecule has 5 nitrogen and oxygen atoms in total. The van der Waals surface area contributed by atoms with Crippen LogP contribution in [0.2, 0.25) is 0 Å². The van der Waals surface area contributed by atoms with E-state index in [1.807, 2.05) is 0 Å². The van der Waals surface area contributed by atoms with Crippen molar-refractivity contribution in [3.8, 4) is 5.75 Å². The van der Waals surface area contributed by atoms with Crippen LogP contribution in [0.3, 0.4) is 0 Å². The lowest BCUT2D eigenvalue weighted by molar-refractivity contribution is -0.132. The number of allylic oxidation sites excluding steroid dienone is 2. The number of rotatable bonds is 2. The minimum atomic E-state index is -0.399. The zero-order valence-corrected chi connectivity index (χ0v) is 13.2. The number of hydrogen-bond acceptors (Lipinski definition) is 4. The van der Waals surface area contributed by atoms with Crippen LogP contribution in [0.25, 0.3) is 0 Å². The summed E-state index contributed by atoms with van der Waals surface area (Å²) in [6.45, 7) is 1.33. The monoisotopic (exact) mass is 323 g/mol. The summed E-state index contributed by atoms with van der Waals surface area (Å²) in [6, 6.07) is 6.57. The van der Waals surface area contributed by atoms with Crippen LogP contribution < -0.4 is 9.64 Å². The van der Waals surface area contributed by atoms with Gasteiger partial charge in [0.1, 0.15) is 5.75 Å². The second-order valence-corrected chi connectivity index (χ2v) is 7.25. The van der Waals surface area contributed by atoms with Crippen molar-refractivity contribution in [1.29, 1.82) is 0 Å². The zero-order chi connectivity index (χ0) is 16.6. The van der Waals surface area contributed by atoms with Crippen molar-refractivity contribution in [1.82, 2.24) is 0 Å². The number of ether oxygens (including phenoxy) is 1. The largest absolute Gasteiger partial charge is 0.427 e. The van der Waals surface area contributed by atoms with Gasteiger partial charge in [-0.05, 0) is 54.4 Å². The summed E-state index contributed by atoms with van der Waals surface area (Å²) in [6.07, 6.45) is 5.49. The van der Waals surface area contributed by atoms with Crippen molar-refractivity contribution < 1.29 is 19.1 Å². The molecule has 2 saturated carbocycles. The molecule has 1 aromatic carbocycles. The molecule has 6 rings (SSSR count). The van der Waals surface area contributed by atoms with Crippen LogP contribution in [-0.4, -0.2) is 17.8 Å². The number of carbonyl (C=O) groups excluding carboxylic acids is 3. The van der Waals surface area contributed by atoms with Crippen molar-refractivity contribution in [2.24, 2.45) is 35.5 Å². The Morgan fingerprint density at radius 3 is 2.04 bits per heavy atom. The van der Waals surface area contributed by atoms with E-state index in [1.54, 1.807) is 24.3 Å². The summed E-state index contributed by atoms with van der Waals surface area (Å²) in [7, 11) is 0. The van der Waals surface area contributed by atoms with Crippen molar-refractivity contribution >= 4 is 23.5 Å². The summed E-state index contributed by atoms with van der Waals surface area (Å²) in [5.41, 5.74) is 0.559. The molecule has 5 heteroatoms. The Balaban J connectivity index is 1.47. The topological polar surface area (TPSA) is 63.7 Å². The third kappa shape index (κ3) is 1.72. The molecule has 2 amide bonds. The van der Waals surface area contributed by atoms with Crippen molar-refractivity contribution in [2.45, 2.75) is 13.3 Å². The number of benzene rings is 1. The highest BCUT2D eigenvalue weighted by Crippen LogP contribution is 2.65. The Morgan fingerprint density at radius 2 is 1.54 bits per heavy atom. The van der Waals surface area contributed by atoms with Gasteiger partial charge in [-0.1, -0.05) is 12.2 Å². The maximum atomic E-state index is 13.0. The lowest BCUT2D eigenvalue weighted by Gasteiger charge is -2.37. The van der Waals surface area contributed by atoms with Gasteiger partial charge in [0.05, 0.1) is 17.5 Å². The summed E-state index contributed by atoms with van der Waals surface area (Å²) >= 11 is 0. The molecule has 1 aromatic rings. The first kappa shape index (κ1) is 14.0. The highest BCUT2D eigenvalue weighted by molar-refractivity contribution is 6.22. The molecule has 0 aromatic heterocycles. The lowest BCUT2D eigenvalue weighted by atomic mass is 9.63. The fourth-order valence-electron chi connectivity index (χ4n) is 5.04. The Kier molecular flexibility index (Phi) is 2.65. The van der Waals surface area contributed by atoms with Gasteiger partial charge in [0.15, 0.2) is 0 Å². The number of imide groups is 1. The highest BCUT2D eigenvalue weighted by Gasteiger charge is 2.67. The summed E-state index contributed by atoms with van der Waals surface area (Å²) in [4.78, 5) is 38.2. The van der Waals surface area contributed by atoms with Gasteiger partial charge in [-0.3, -0.25) is 19.3 Å². The van der Waals surface area contributed by atoms with Crippen LogP contribution in [0.5, 0.6) is 5.75 Å². The Labute approximate surface area is 139 Å². The predicted octanol–water partition coefficient (Wildman–Crippen LogP) is 2.17. The van der Waals surface area contributed by atoms with E-state index < -0.39 is 5.97 Å². The molecule has 5 aliphatic rings. The summed E-state index contributed by atoms with van der Waals surface area (Å²) in [5.74, 6) is 1.14. The van der Waals surface area contributed by atoms with Gasteiger partial charge >= 0.3 is 5.97 Å². The van der Waals surface area contributed by atoms with Gasteiger partial charge in [0.25, 0.3) is 0 Å². The number of amides is 2. The Bertz CT molecular complexity index is 760. The normalized spacial score (nSPS) is 38.1. The molecule has 122 valence electrons. The molecule has 1 saturated heterocycles. The Hall–Kier alpha value is -2.43.